The SMILES string of the molecule is CCNCCCc1ncc(C2CCS(=O)(=O)C2)o1. The highest BCUT2D eigenvalue weighted by molar-refractivity contribution is 7.91. The second-order valence-corrected chi connectivity index (χ2v) is 6.94. The van der Waals surface area contributed by atoms with Gasteiger partial charge >= 0.3 is 0 Å². The lowest BCUT2D eigenvalue weighted by atomic mass is 10.1. The molecule has 0 amide bonds. The van der Waals surface area contributed by atoms with Crippen molar-refractivity contribution in [2.24, 2.45) is 0 Å². The van der Waals surface area contributed by atoms with Crippen LogP contribution in [0, 0.1) is 0 Å². The number of sulfone groups is 1. The summed E-state index contributed by atoms with van der Waals surface area (Å²) in [6.07, 6.45) is 4.13. The van der Waals surface area contributed by atoms with Crippen molar-refractivity contribution in [2.45, 2.75) is 32.1 Å². The van der Waals surface area contributed by atoms with Gasteiger partial charge in [0.05, 0.1) is 17.7 Å². The zero-order valence-corrected chi connectivity index (χ0v) is 11.5. The maximum atomic E-state index is 11.4. The van der Waals surface area contributed by atoms with Crippen LogP contribution in [0.15, 0.2) is 10.6 Å². The molecule has 1 aromatic rings. The summed E-state index contributed by atoms with van der Waals surface area (Å²) in [5.41, 5.74) is 0. The normalized spacial score (nSPS) is 22.4. The Hall–Kier alpha value is -0.880. The van der Waals surface area contributed by atoms with Gasteiger partial charge < -0.3 is 9.73 Å². The molecule has 0 aromatic carbocycles. The maximum Gasteiger partial charge on any atom is 0.194 e. The third-order valence-corrected chi connectivity index (χ3v) is 4.97. The average molecular weight is 272 g/mol. The number of oxazole rings is 1. The first kappa shape index (κ1) is 13.5. The monoisotopic (exact) mass is 272 g/mol. The van der Waals surface area contributed by atoms with E-state index in [4.69, 9.17) is 4.42 Å². The molecule has 2 rings (SSSR count). The summed E-state index contributed by atoms with van der Waals surface area (Å²) in [4.78, 5) is 4.22. The van der Waals surface area contributed by atoms with Crippen LogP contribution < -0.4 is 5.32 Å². The molecule has 1 N–H and O–H groups in total. The van der Waals surface area contributed by atoms with Gasteiger partial charge in [-0.3, -0.25) is 0 Å². The number of aryl methyl sites for hydroxylation is 1. The first-order chi connectivity index (χ1) is 8.61. The Labute approximate surface area is 108 Å². The number of nitrogens with one attached hydrogen (secondary N) is 1. The number of nitrogens with zero attached hydrogens (tertiary/aromatic N) is 1. The largest absolute Gasteiger partial charge is 0.445 e. The molecule has 1 unspecified atom stereocenters. The van der Waals surface area contributed by atoms with E-state index >= 15 is 0 Å². The second kappa shape index (κ2) is 5.84. The van der Waals surface area contributed by atoms with Gasteiger partial charge in [0.2, 0.25) is 0 Å². The van der Waals surface area contributed by atoms with Crippen molar-refractivity contribution in [1.29, 1.82) is 0 Å². The number of hydrogen-bond donors (Lipinski definition) is 1. The summed E-state index contributed by atoms with van der Waals surface area (Å²) in [5, 5.41) is 3.24. The van der Waals surface area contributed by atoms with Gasteiger partial charge in [-0.2, -0.15) is 0 Å². The first-order valence-corrected chi connectivity index (χ1v) is 8.28. The molecular weight excluding hydrogens is 252 g/mol. The van der Waals surface area contributed by atoms with Gasteiger partial charge in [-0.25, -0.2) is 13.4 Å². The zero-order chi connectivity index (χ0) is 13.0. The van der Waals surface area contributed by atoms with E-state index in [1.165, 1.54) is 0 Å². The van der Waals surface area contributed by atoms with E-state index in [0.717, 1.165) is 31.7 Å². The summed E-state index contributed by atoms with van der Waals surface area (Å²) in [7, 11) is -2.86. The molecule has 2 heterocycles. The van der Waals surface area contributed by atoms with Gasteiger partial charge in [0.25, 0.3) is 0 Å². The van der Waals surface area contributed by atoms with Crippen molar-refractivity contribution >= 4 is 9.84 Å². The van der Waals surface area contributed by atoms with Crippen LogP contribution in [0.4, 0.5) is 0 Å². The fraction of sp³-hybridized carbons (Fsp3) is 0.750. The zero-order valence-electron chi connectivity index (χ0n) is 10.7. The van der Waals surface area contributed by atoms with Crippen LogP contribution in [0.1, 0.15) is 37.3 Å². The van der Waals surface area contributed by atoms with Crippen molar-refractivity contribution in [3.63, 3.8) is 0 Å². The molecule has 1 aliphatic heterocycles. The fourth-order valence-electron chi connectivity index (χ4n) is 2.19. The Morgan fingerprint density at radius 1 is 1.56 bits per heavy atom. The molecule has 0 aliphatic carbocycles. The Balaban J connectivity index is 1.86. The second-order valence-electron chi connectivity index (χ2n) is 4.71. The Bertz CT molecular complexity index is 481. The average Bonchev–Trinajstić information content (AvgIpc) is 2.91. The lowest BCUT2D eigenvalue weighted by molar-refractivity contribution is 0.426. The van der Waals surface area contributed by atoms with Gasteiger partial charge in [-0.1, -0.05) is 6.92 Å². The molecule has 102 valence electrons. The molecule has 1 fully saturated rings. The standard InChI is InChI=1S/C12H20N2O3S/c1-2-13-6-3-4-12-14-8-11(17-12)10-5-7-18(15,16)9-10/h8,10,13H,2-7,9H2,1H3. The van der Waals surface area contributed by atoms with Crippen LogP contribution in [0.25, 0.3) is 0 Å². The number of rotatable bonds is 6. The molecule has 0 saturated carbocycles. The number of aromatic nitrogens is 1. The van der Waals surface area contributed by atoms with E-state index in [9.17, 15) is 8.42 Å². The molecule has 18 heavy (non-hydrogen) atoms. The molecule has 0 spiro atoms. The van der Waals surface area contributed by atoms with Crippen LogP contribution in [0.3, 0.4) is 0 Å². The highest BCUT2D eigenvalue weighted by Crippen LogP contribution is 2.29. The van der Waals surface area contributed by atoms with Crippen molar-refractivity contribution in [3.8, 4) is 0 Å². The van der Waals surface area contributed by atoms with Crippen LogP contribution in [-0.2, 0) is 16.3 Å². The Kier molecular flexibility index (Phi) is 4.40. The molecule has 1 saturated heterocycles. The van der Waals surface area contributed by atoms with Crippen LogP contribution >= 0.6 is 0 Å². The molecule has 5 nitrogen and oxygen atoms in total. The quantitative estimate of drug-likeness (QED) is 0.786. The van der Waals surface area contributed by atoms with E-state index < -0.39 is 9.84 Å². The van der Waals surface area contributed by atoms with E-state index in [1.54, 1.807) is 6.20 Å². The van der Waals surface area contributed by atoms with E-state index in [0.29, 0.717) is 12.3 Å². The minimum absolute atomic E-state index is 0.00465. The number of hydrogen-bond acceptors (Lipinski definition) is 5. The summed E-state index contributed by atoms with van der Waals surface area (Å²) in [6.45, 7) is 3.99. The van der Waals surface area contributed by atoms with Crippen LogP contribution in [0.2, 0.25) is 0 Å². The lowest BCUT2D eigenvalue weighted by Crippen LogP contribution is -2.14. The predicted molar refractivity (Wildman–Crippen MR) is 69.4 cm³/mol. The van der Waals surface area contributed by atoms with Gasteiger partial charge in [0.15, 0.2) is 15.7 Å². The van der Waals surface area contributed by atoms with Crippen LogP contribution in [0.5, 0.6) is 0 Å². The van der Waals surface area contributed by atoms with E-state index in [1.807, 2.05) is 0 Å². The Morgan fingerprint density at radius 2 is 2.39 bits per heavy atom. The van der Waals surface area contributed by atoms with Crippen LogP contribution in [-0.4, -0.2) is 38.0 Å². The molecule has 1 atom stereocenters. The van der Waals surface area contributed by atoms with Crippen molar-refractivity contribution in [2.75, 3.05) is 24.6 Å². The molecule has 0 radical (unpaired) electrons. The van der Waals surface area contributed by atoms with E-state index in [-0.39, 0.29) is 17.4 Å². The molecule has 6 heteroatoms. The topological polar surface area (TPSA) is 72.2 Å². The molecule has 0 bridgehead atoms. The van der Waals surface area contributed by atoms with Crippen molar-refractivity contribution in [3.05, 3.63) is 17.8 Å². The summed E-state index contributed by atoms with van der Waals surface area (Å²) < 4.78 is 28.4. The van der Waals surface area contributed by atoms with E-state index in [2.05, 4.69) is 17.2 Å². The first-order valence-electron chi connectivity index (χ1n) is 6.46. The van der Waals surface area contributed by atoms with Crippen molar-refractivity contribution < 1.29 is 12.8 Å². The lowest BCUT2D eigenvalue weighted by Gasteiger charge is -2.01. The summed E-state index contributed by atoms with van der Waals surface area (Å²) in [6, 6.07) is 0. The molecular formula is C12H20N2O3S. The minimum atomic E-state index is -2.86. The predicted octanol–water partition coefficient (Wildman–Crippen LogP) is 1.12. The fourth-order valence-corrected chi connectivity index (χ4v) is 3.94. The minimum Gasteiger partial charge on any atom is -0.445 e. The smallest absolute Gasteiger partial charge is 0.194 e. The van der Waals surface area contributed by atoms with Crippen molar-refractivity contribution in [1.82, 2.24) is 10.3 Å². The maximum absolute atomic E-state index is 11.4. The third-order valence-electron chi connectivity index (χ3n) is 3.20. The highest BCUT2D eigenvalue weighted by Gasteiger charge is 2.31. The van der Waals surface area contributed by atoms with Gasteiger partial charge in [-0.15, -0.1) is 0 Å². The molecule has 1 aromatic heterocycles. The highest BCUT2D eigenvalue weighted by atomic mass is 32.2. The van der Waals surface area contributed by atoms with Gasteiger partial charge in [0, 0.05) is 12.3 Å². The Morgan fingerprint density at radius 3 is 3.06 bits per heavy atom. The summed E-state index contributed by atoms with van der Waals surface area (Å²) in [5.74, 6) is 1.93. The summed E-state index contributed by atoms with van der Waals surface area (Å²) >= 11 is 0. The van der Waals surface area contributed by atoms with Gasteiger partial charge in [0.1, 0.15) is 5.76 Å². The third kappa shape index (κ3) is 3.55. The van der Waals surface area contributed by atoms with Gasteiger partial charge in [-0.05, 0) is 25.9 Å². The molecule has 1 aliphatic rings.